The van der Waals surface area contributed by atoms with E-state index in [1.54, 1.807) is 19.9 Å². The molecule has 3 rings (SSSR count). The molecule has 0 aliphatic carbocycles. The highest BCUT2D eigenvalue weighted by Crippen LogP contribution is 2.39. The molecule has 0 unspecified atom stereocenters. The number of halogens is 1. The van der Waals surface area contributed by atoms with Crippen LogP contribution in [0.4, 0.5) is 0 Å². The monoisotopic (exact) mass is 372 g/mol. The minimum atomic E-state index is -0.962. The summed E-state index contributed by atoms with van der Waals surface area (Å²) in [7, 11) is 0. The SMILES string of the molecule is Cc1cc(C2=CCc3ccc(Cl)cc3O2)c(OC(C)C)c(C)c1C(=O)O. The summed E-state index contributed by atoms with van der Waals surface area (Å²) in [5, 5.41) is 10.2. The molecular formula is C21H21ClO4. The van der Waals surface area contributed by atoms with Crippen LogP contribution in [0.1, 0.15) is 46.5 Å². The minimum Gasteiger partial charge on any atom is -0.490 e. The summed E-state index contributed by atoms with van der Waals surface area (Å²) in [6.45, 7) is 7.38. The van der Waals surface area contributed by atoms with Gasteiger partial charge >= 0.3 is 5.97 Å². The number of allylic oxidation sites excluding steroid dienone is 1. The molecule has 0 atom stereocenters. The second-order valence-corrected chi connectivity index (χ2v) is 7.10. The lowest BCUT2D eigenvalue weighted by atomic mass is 9.95. The number of hydrogen-bond acceptors (Lipinski definition) is 3. The second-order valence-electron chi connectivity index (χ2n) is 6.67. The number of hydrogen-bond donors (Lipinski definition) is 1. The number of carboxylic acid groups (broad SMARTS) is 1. The Labute approximate surface area is 158 Å². The van der Waals surface area contributed by atoms with Crippen LogP contribution in [0.2, 0.25) is 5.02 Å². The fourth-order valence-corrected chi connectivity index (χ4v) is 3.35. The molecule has 1 heterocycles. The first kappa shape index (κ1) is 18.3. The summed E-state index contributed by atoms with van der Waals surface area (Å²) in [4.78, 5) is 11.7. The molecule has 0 saturated heterocycles. The molecule has 5 heteroatoms. The van der Waals surface area contributed by atoms with Gasteiger partial charge in [-0.3, -0.25) is 0 Å². The number of aryl methyl sites for hydroxylation is 1. The van der Waals surface area contributed by atoms with Crippen LogP contribution in [0.15, 0.2) is 30.3 Å². The Morgan fingerprint density at radius 2 is 2.00 bits per heavy atom. The molecule has 1 aliphatic rings. The van der Waals surface area contributed by atoms with E-state index in [1.807, 2.05) is 38.1 Å². The van der Waals surface area contributed by atoms with Gasteiger partial charge in [0, 0.05) is 10.6 Å². The Hall–Kier alpha value is -2.46. The smallest absolute Gasteiger partial charge is 0.336 e. The summed E-state index contributed by atoms with van der Waals surface area (Å²) in [6, 6.07) is 7.39. The number of ether oxygens (including phenoxy) is 2. The standard InChI is InChI=1S/C21H21ClO4/c1-11(2)25-20-13(4)19(21(23)24)12(3)9-16(20)17-8-6-14-5-7-15(22)10-18(14)26-17/h5,7-11H,6H2,1-4H3,(H,23,24). The van der Waals surface area contributed by atoms with Gasteiger partial charge in [0.2, 0.25) is 0 Å². The van der Waals surface area contributed by atoms with Crippen LogP contribution in [0.5, 0.6) is 11.5 Å². The molecular weight excluding hydrogens is 352 g/mol. The van der Waals surface area contributed by atoms with Crippen molar-refractivity contribution in [3.8, 4) is 11.5 Å². The summed E-state index contributed by atoms with van der Waals surface area (Å²) in [5.41, 5.74) is 3.35. The third kappa shape index (κ3) is 3.42. The molecule has 26 heavy (non-hydrogen) atoms. The first-order chi connectivity index (χ1) is 12.3. The first-order valence-corrected chi connectivity index (χ1v) is 8.86. The fraction of sp³-hybridized carbons (Fsp3) is 0.286. The quantitative estimate of drug-likeness (QED) is 0.778. The number of carboxylic acids is 1. The van der Waals surface area contributed by atoms with Crippen molar-refractivity contribution in [2.24, 2.45) is 0 Å². The van der Waals surface area contributed by atoms with Crippen molar-refractivity contribution < 1.29 is 19.4 Å². The highest BCUT2D eigenvalue weighted by Gasteiger charge is 2.24. The highest BCUT2D eigenvalue weighted by molar-refractivity contribution is 6.30. The normalized spacial score (nSPS) is 13.1. The molecule has 0 radical (unpaired) electrons. The minimum absolute atomic E-state index is 0.0947. The van der Waals surface area contributed by atoms with Crippen LogP contribution in [-0.4, -0.2) is 17.2 Å². The predicted molar refractivity (Wildman–Crippen MR) is 102 cm³/mol. The van der Waals surface area contributed by atoms with Crippen molar-refractivity contribution in [1.29, 1.82) is 0 Å². The van der Waals surface area contributed by atoms with Crippen LogP contribution in [-0.2, 0) is 6.42 Å². The summed E-state index contributed by atoms with van der Waals surface area (Å²) in [6.07, 6.45) is 2.60. The maximum atomic E-state index is 11.7. The zero-order valence-electron chi connectivity index (χ0n) is 15.2. The van der Waals surface area contributed by atoms with Crippen LogP contribution in [0.3, 0.4) is 0 Å². The molecule has 0 fully saturated rings. The molecule has 2 aromatic carbocycles. The Balaban J connectivity index is 2.12. The lowest BCUT2D eigenvalue weighted by molar-refractivity contribution is 0.0694. The number of benzene rings is 2. The molecule has 0 amide bonds. The van der Waals surface area contributed by atoms with Crippen LogP contribution >= 0.6 is 11.6 Å². The van der Waals surface area contributed by atoms with Crippen LogP contribution in [0.25, 0.3) is 5.76 Å². The van der Waals surface area contributed by atoms with Gasteiger partial charge in [0.25, 0.3) is 0 Å². The number of fused-ring (bicyclic) bond motifs is 1. The van der Waals surface area contributed by atoms with Gasteiger partial charge in [0.1, 0.15) is 17.3 Å². The molecule has 0 spiro atoms. The Kier molecular flexibility index (Phi) is 4.97. The number of carbonyl (C=O) groups is 1. The number of aromatic carboxylic acids is 1. The van der Waals surface area contributed by atoms with Crippen molar-refractivity contribution in [2.45, 2.75) is 40.2 Å². The average Bonchev–Trinajstić information content (AvgIpc) is 2.56. The Bertz CT molecular complexity index is 913. The van der Waals surface area contributed by atoms with Crippen molar-refractivity contribution in [3.63, 3.8) is 0 Å². The van der Waals surface area contributed by atoms with Crippen molar-refractivity contribution in [3.05, 3.63) is 63.2 Å². The van der Waals surface area contributed by atoms with Gasteiger partial charge < -0.3 is 14.6 Å². The van der Waals surface area contributed by atoms with Crippen molar-refractivity contribution in [2.75, 3.05) is 0 Å². The van der Waals surface area contributed by atoms with Gasteiger partial charge in [-0.15, -0.1) is 0 Å². The highest BCUT2D eigenvalue weighted by atomic mass is 35.5. The van der Waals surface area contributed by atoms with E-state index in [0.29, 0.717) is 39.8 Å². The molecule has 4 nitrogen and oxygen atoms in total. The molecule has 2 aromatic rings. The zero-order valence-corrected chi connectivity index (χ0v) is 16.0. The second kappa shape index (κ2) is 7.04. The van der Waals surface area contributed by atoms with Gasteiger partial charge in [0.05, 0.1) is 17.2 Å². The zero-order chi connectivity index (χ0) is 19.0. The van der Waals surface area contributed by atoms with E-state index in [1.165, 1.54) is 0 Å². The van der Waals surface area contributed by atoms with Crippen LogP contribution in [0, 0.1) is 13.8 Å². The summed E-state index contributed by atoms with van der Waals surface area (Å²) >= 11 is 6.09. The van der Waals surface area contributed by atoms with E-state index >= 15 is 0 Å². The fourth-order valence-electron chi connectivity index (χ4n) is 3.18. The van der Waals surface area contributed by atoms with E-state index in [4.69, 9.17) is 21.1 Å². The van der Waals surface area contributed by atoms with Crippen molar-refractivity contribution >= 4 is 23.3 Å². The average molecular weight is 373 g/mol. The molecule has 0 bridgehead atoms. The maximum absolute atomic E-state index is 11.7. The van der Waals surface area contributed by atoms with E-state index in [9.17, 15) is 9.90 Å². The Morgan fingerprint density at radius 3 is 2.65 bits per heavy atom. The molecule has 0 aromatic heterocycles. The van der Waals surface area contributed by atoms with Gasteiger partial charge in [-0.25, -0.2) is 4.79 Å². The lowest BCUT2D eigenvalue weighted by Gasteiger charge is -2.24. The third-order valence-electron chi connectivity index (χ3n) is 4.30. The number of rotatable bonds is 4. The molecule has 1 N–H and O–H groups in total. The third-order valence-corrected chi connectivity index (χ3v) is 4.54. The molecule has 136 valence electrons. The maximum Gasteiger partial charge on any atom is 0.336 e. The Morgan fingerprint density at radius 1 is 1.27 bits per heavy atom. The summed E-state index contributed by atoms with van der Waals surface area (Å²) in [5.74, 6) is 0.942. The van der Waals surface area contributed by atoms with E-state index < -0.39 is 5.97 Å². The lowest BCUT2D eigenvalue weighted by Crippen LogP contribution is -2.14. The topological polar surface area (TPSA) is 55.8 Å². The van der Waals surface area contributed by atoms with Gasteiger partial charge in [-0.1, -0.05) is 17.7 Å². The molecule has 0 saturated carbocycles. The van der Waals surface area contributed by atoms with Gasteiger partial charge in [-0.05, 0) is 69.5 Å². The van der Waals surface area contributed by atoms with E-state index in [2.05, 4.69) is 0 Å². The van der Waals surface area contributed by atoms with Crippen molar-refractivity contribution in [1.82, 2.24) is 0 Å². The largest absolute Gasteiger partial charge is 0.490 e. The van der Waals surface area contributed by atoms with E-state index in [-0.39, 0.29) is 11.7 Å². The van der Waals surface area contributed by atoms with E-state index in [0.717, 1.165) is 11.1 Å². The van der Waals surface area contributed by atoms with Gasteiger partial charge in [-0.2, -0.15) is 0 Å². The molecule has 1 aliphatic heterocycles. The van der Waals surface area contributed by atoms with Crippen LogP contribution < -0.4 is 9.47 Å². The first-order valence-electron chi connectivity index (χ1n) is 8.49. The predicted octanol–water partition coefficient (Wildman–Crippen LogP) is 5.42. The van der Waals surface area contributed by atoms with Gasteiger partial charge in [0.15, 0.2) is 0 Å². The summed E-state index contributed by atoms with van der Waals surface area (Å²) < 4.78 is 12.1.